The lowest BCUT2D eigenvalue weighted by molar-refractivity contribution is -0.121. The second kappa shape index (κ2) is 7.22. The Morgan fingerprint density at radius 3 is 2.50 bits per heavy atom. The smallest absolute Gasteiger partial charge is 0.269 e. The maximum absolute atomic E-state index is 12.0. The lowest BCUT2D eigenvalue weighted by atomic mass is 10.2. The van der Waals surface area contributed by atoms with E-state index in [4.69, 9.17) is 0 Å². The number of benzene rings is 1. The highest BCUT2D eigenvalue weighted by Crippen LogP contribution is 2.11. The fourth-order valence-corrected chi connectivity index (χ4v) is 2.57. The molecule has 0 unspecified atom stereocenters. The zero-order chi connectivity index (χ0) is 17.7. The minimum absolute atomic E-state index is 0.0345. The number of hydrogen-bond acceptors (Lipinski definition) is 5. The summed E-state index contributed by atoms with van der Waals surface area (Å²) in [6.45, 7) is 1.84. The van der Waals surface area contributed by atoms with E-state index in [1.807, 2.05) is 6.92 Å². The number of pyridine rings is 1. The third kappa shape index (κ3) is 4.88. The van der Waals surface area contributed by atoms with Crippen molar-refractivity contribution in [1.29, 1.82) is 0 Å². The van der Waals surface area contributed by atoms with Crippen molar-refractivity contribution >= 4 is 21.7 Å². The fraction of sp³-hybridized carbons (Fsp3) is 0.188. The van der Waals surface area contributed by atoms with Gasteiger partial charge in [-0.05, 0) is 36.8 Å². The first-order chi connectivity index (χ1) is 11.3. The van der Waals surface area contributed by atoms with Gasteiger partial charge in [-0.3, -0.25) is 25.4 Å². The molecule has 2 amide bonds. The van der Waals surface area contributed by atoms with Gasteiger partial charge in [-0.1, -0.05) is 12.1 Å². The highest BCUT2D eigenvalue weighted by Gasteiger charge is 2.12. The Morgan fingerprint density at radius 2 is 1.88 bits per heavy atom. The predicted octanol–water partition coefficient (Wildman–Crippen LogP) is 0.797. The molecule has 0 aliphatic rings. The van der Waals surface area contributed by atoms with Gasteiger partial charge >= 0.3 is 0 Å². The zero-order valence-corrected chi connectivity index (χ0v) is 14.1. The topological polar surface area (TPSA) is 105 Å². The Hall–Kier alpha value is -2.74. The van der Waals surface area contributed by atoms with Crippen molar-refractivity contribution < 1.29 is 18.0 Å². The molecule has 0 bridgehead atoms. The Morgan fingerprint density at radius 1 is 1.12 bits per heavy atom. The molecule has 0 fully saturated rings. The van der Waals surface area contributed by atoms with Crippen molar-refractivity contribution in [2.75, 3.05) is 6.26 Å². The lowest BCUT2D eigenvalue weighted by Crippen LogP contribution is -2.42. The van der Waals surface area contributed by atoms with Crippen LogP contribution in [0.15, 0.2) is 47.5 Å². The lowest BCUT2D eigenvalue weighted by Gasteiger charge is -2.08. The minimum Gasteiger partial charge on any atom is -0.273 e. The van der Waals surface area contributed by atoms with Crippen molar-refractivity contribution in [2.24, 2.45) is 0 Å². The van der Waals surface area contributed by atoms with E-state index in [0.29, 0.717) is 5.56 Å². The average Bonchev–Trinajstić information content (AvgIpc) is 2.54. The highest BCUT2D eigenvalue weighted by molar-refractivity contribution is 7.90. The third-order valence-corrected chi connectivity index (χ3v) is 4.29. The summed E-state index contributed by atoms with van der Waals surface area (Å²) >= 11 is 0. The number of nitrogens with zero attached hydrogens (tertiary/aromatic N) is 1. The van der Waals surface area contributed by atoms with Gasteiger partial charge in [0.25, 0.3) is 5.91 Å². The van der Waals surface area contributed by atoms with E-state index in [2.05, 4.69) is 15.8 Å². The first-order valence-electron chi connectivity index (χ1n) is 7.06. The SMILES string of the molecule is Cc1ccc(CC(=O)NNC(=O)c2cccc(S(C)(=O)=O)c2)cn1. The molecule has 1 heterocycles. The summed E-state index contributed by atoms with van der Waals surface area (Å²) in [6, 6.07) is 9.14. The molecule has 1 aromatic carbocycles. The van der Waals surface area contributed by atoms with Crippen LogP contribution >= 0.6 is 0 Å². The summed E-state index contributed by atoms with van der Waals surface area (Å²) in [6.07, 6.45) is 2.71. The van der Waals surface area contributed by atoms with Crippen molar-refractivity contribution in [1.82, 2.24) is 15.8 Å². The third-order valence-electron chi connectivity index (χ3n) is 3.18. The molecule has 2 N–H and O–H groups in total. The van der Waals surface area contributed by atoms with E-state index in [1.54, 1.807) is 18.3 Å². The molecule has 0 spiro atoms. The first kappa shape index (κ1) is 17.6. The molecule has 24 heavy (non-hydrogen) atoms. The maximum Gasteiger partial charge on any atom is 0.269 e. The first-order valence-corrected chi connectivity index (χ1v) is 8.96. The van der Waals surface area contributed by atoms with Gasteiger partial charge in [0.1, 0.15) is 0 Å². The van der Waals surface area contributed by atoms with Gasteiger partial charge in [-0.2, -0.15) is 0 Å². The van der Waals surface area contributed by atoms with Crippen LogP contribution in [0.2, 0.25) is 0 Å². The molecule has 2 rings (SSSR count). The number of rotatable bonds is 4. The van der Waals surface area contributed by atoms with Crippen LogP contribution in [0, 0.1) is 6.92 Å². The van der Waals surface area contributed by atoms with Crippen LogP contribution in [0.25, 0.3) is 0 Å². The van der Waals surface area contributed by atoms with Crippen LogP contribution in [-0.4, -0.2) is 31.5 Å². The molecule has 0 atom stereocenters. The van der Waals surface area contributed by atoms with Crippen LogP contribution in [-0.2, 0) is 21.1 Å². The highest BCUT2D eigenvalue weighted by atomic mass is 32.2. The molecule has 0 aliphatic carbocycles. The van der Waals surface area contributed by atoms with Gasteiger partial charge in [-0.15, -0.1) is 0 Å². The summed E-state index contributed by atoms with van der Waals surface area (Å²) in [4.78, 5) is 27.9. The molecular formula is C16H17N3O4S. The fourth-order valence-electron chi connectivity index (χ4n) is 1.90. The van der Waals surface area contributed by atoms with E-state index in [0.717, 1.165) is 11.9 Å². The van der Waals surface area contributed by atoms with E-state index in [9.17, 15) is 18.0 Å². The largest absolute Gasteiger partial charge is 0.273 e. The summed E-state index contributed by atoms with van der Waals surface area (Å²) in [5, 5.41) is 0. The number of carbonyl (C=O) groups excluding carboxylic acids is 2. The van der Waals surface area contributed by atoms with E-state index in [-0.39, 0.29) is 16.9 Å². The predicted molar refractivity (Wildman–Crippen MR) is 87.8 cm³/mol. The second-order valence-corrected chi connectivity index (χ2v) is 7.30. The number of carbonyl (C=O) groups is 2. The number of nitrogens with one attached hydrogen (secondary N) is 2. The monoisotopic (exact) mass is 347 g/mol. The summed E-state index contributed by atoms with van der Waals surface area (Å²) in [5.41, 5.74) is 6.24. The standard InChI is InChI=1S/C16H17N3O4S/c1-11-6-7-12(10-17-11)8-15(20)18-19-16(21)13-4-3-5-14(9-13)24(2,22)23/h3-7,9-10H,8H2,1-2H3,(H,18,20)(H,19,21). The van der Waals surface area contributed by atoms with Gasteiger partial charge in [0, 0.05) is 23.7 Å². The van der Waals surface area contributed by atoms with Crippen LogP contribution in [0.1, 0.15) is 21.6 Å². The van der Waals surface area contributed by atoms with Crippen LogP contribution in [0.5, 0.6) is 0 Å². The Bertz CT molecular complexity index is 861. The number of hydrazine groups is 1. The van der Waals surface area contributed by atoms with Crippen molar-refractivity contribution in [3.8, 4) is 0 Å². The van der Waals surface area contributed by atoms with Gasteiger partial charge in [0.05, 0.1) is 11.3 Å². The second-order valence-electron chi connectivity index (χ2n) is 5.29. The molecule has 7 nitrogen and oxygen atoms in total. The maximum atomic E-state index is 12.0. The molecule has 8 heteroatoms. The van der Waals surface area contributed by atoms with E-state index in [1.165, 1.54) is 24.3 Å². The molecule has 0 aliphatic heterocycles. The Kier molecular flexibility index (Phi) is 5.30. The summed E-state index contributed by atoms with van der Waals surface area (Å²) < 4.78 is 23.0. The zero-order valence-electron chi connectivity index (χ0n) is 13.2. The van der Waals surface area contributed by atoms with Crippen molar-refractivity contribution in [3.05, 3.63) is 59.4 Å². The number of amides is 2. The molecule has 126 valence electrons. The normalized spacial score (nSPS) is 10.9. The van der Waals surface area contributed by atoms with Gasteiger partial charge in [-0.25, -0.2) is 8.42 Å². The quantitative estimate of drug-likeness (QED) is 0.796. The number of hydrogen-bond donors (Lipinski definition) is 2. The molecule has 1 aromatic heterocycles. The molecular weight excluding hydrogens is 330 g/mol. The molecule has 2 aromatic rings. The van der Waals surface area contributed by atoms with Crippen LogP contribution in [0.3, 0.4) is 0 Å². The molecule has 0 saturated heterocycles. The van der Waals surface area contributed by atoms with Crippen molar-refractivity contribution in [3.63, 3.8) is 0 Å². The minimum atomic E-state index is -3.41. The Labute approximate surface area is 140 Å². The molecule has 0 saturated carbocycles. The van der Waals surface area contributed by atoms with Gasteiger partial charge in [0.15, 0.2) is 9.84 Å². The van der Waals surface area contributed by atoms with Crippen LogP contribution in [0.4, 0.5) is 0 Å². The van der Waals surface area contributed by atoms with Crippen LogP contribution < -0.4 is 10.9 Å². The molecule has 0 radical (unpaired) electrons. The van der Waals surface area contributed by atoms with Gasteiger partial charge in [0.2, 0.25) is 5.91 Å². The summed E-state index contributed by atoms with van der Waals surface area (Å²) in [5.74, 6) is -1.01. The van der Waals surface area contributed by atoms with Crippen molar-refractivity contribution in [2.45, 2.75) is 18.2 Å². The van der Waals surface area contributed by atoms with Gasteiger partial charge < -0.3 is 0 Å². The Balaban J connectivity index is 1.95. The van der Waals surface area contributed by atoms with E-state index < -0.39 is 21.7 Å². The van der Waals surface area contributed by atoms with E-state index >= 15 is 0 Å². The number of aryl methyl sites for hydroxylation is 1. The average molecular weight is 347 g/mol. The number of aromatic nitrogens is 1. The number of sulfone groups is 1. The summed E-state index contributed by atoms with van der Waals surface area (Å²) in [7, 11) is -3.41.